The van der Waals surface area contributed by atoms with Crippen LogP contribution >= 0.6 is 11.3 Å². The van der Waals surface area contributed by atoms with Crippen LogP contribution in [0.2, 0.25) is 0 Å². The maximum Gasteiger partial charge on any atom is 0.347 e. The number of carboxylic acids is 1. The summed E-state index contributed by atoms with van der Waals surface area (Å²) in [6.07, 6.45) is 0.545. The Hall–Kier alpha value is -1.15. The molecule has 1 saturated heterocycles. The predicted molar refractivity (Wildman–Crippen MR) is 64.5 cm³/mol. The quantitative estimate of drug-likeness (QED) is 0.845. The Labute approximate surface area is 103 Å². The second kappa shape index (κ2) is 4.26. The van der Waals surface area contributed by atoms with Gasteiger partial charge in [-0.1, -0.05) is 11.3 Å². The van der Waals surface area contributed by atoms with Gasteiger partial charge in [-0.05, 0) is 13.3 Å². The number of thiazole rings is 1. The zero-order chi connectivity index (χ0) is 12.6. The summed E-state index contributed by atoms with van der Waals surface area (Å²) in [7, 11) is -2.94. The molecule has 0 amide bonds. The Morgan fingerprint density at radius 3 is 2.76 bits per heavy atom. The van der Waals surface area contributed by atoms with Crippen molar-refractivity contribution in [2.45, 2.75) is 19.4 Å². The van der Waals surface area contributed by atoms with E-state index in [2.05, 4.69) is 10.3 Å². The van der Waals surface area contributed by atoms with Crippen LogP contribution in [0.4, 0.5) is 5.13 Å². The highest BCUT2D eigenvalue weighted by molar-refractivity contribution is 7.91. The molecule has 1 unspecified atom stereocenters. The summed E-state index contributed by atoms with van der Waals surface area (Å²) in [6.45, 7) is 1.62. The third-order valence-electron chi connectivity index (χ3n) is 2.55. The molecule has 1 aliphatic rings. The molecule has 0 saturated carbocycles. The molecule has 2 heterocycles. The molecule has 0 spiro atoms. The number of carbonyl (C=O) groups is 1. The molecule has 6 nitrogen and oxygen atoms in total. The number of aromatic nitrogens is 1. The second-order valence-corrected chi connectivity index (χ2v) is 7.21. The van der Waals surface area contributed by atoms with Crippen LogP contribution in [0.3, 0.4) is 0 Å². The highest BCUT2D eigenvalue weighted by Gasteiger charge is 2.28. The molecule has 2 N–H and O–H groups in total. The maximum absolute atomic E-state index is 11.3. The molecule has 1 atom stereocenters. The van der Waals surface area contributed by atoms with Gasteiger partial charge in [-0.3, -0.25) is 0 Å². The SMILES string of the molecule is Cc1nc(NC2CCS(=O)(=O)C2)sc1C(=O)O. The Bertz CT molecular complexity index is 549. The smallest absolute Gasteiger partial charge is 0.347 e. The fourth-order valence-electron chi connectivity index (χ4n) is 1.74. The number of nitrogens with zero attached hydrogens (tertiary/aromatic N) is 1. The number of sulfone groups is 1. The van der Waals surface area contributed by atoms with E-state index >= 15 is 0 Å². The molecule has 8 heteroatoms. The Morgan fingerprint density at radius 2 is 2.29 bits per heavy atom. The molecule has 94 valence electrons. The monoisotopic (exact) mass is 276 g/mol. The molecular formula is C9H12N2O4S2. The Balaban J connectivity index is 2.10. The van der Waals surface area contributed by atoms with Crippen molar-refractivity contribution in [2.24, 2.45) is 0 Å². The summed E-state index contributed by atoms with van der Waals surface area (Å²) in [5.74, 6) is -0.735. The number of hydrogen-bond acceptors (Lipinski definition) is 6. The van der Waals surface area contributed by atoms with Gasteiger partial charge in [-0.2, -0.15) is 0 Å². The van der Waals surface area contributed by atoms with Gasteiger partial charge in [-0.25, -0.2) is 18.2 Å². The van der Waals surface area contributed by atoms with Crippen molar-refractivity contribution in [1.82, 2.24) is 4.98 Å². The molecule has 1 fully saturated rings. The standard InChI is InChI=1S/C9H12N2O4S2/c1-5-7(8(12)13)16-9(10-5)11-6-2-3-17(14,15)4-6/h6H,2-4H2,1H3,(H,10,11)(H,12,13). The van der Waals surface area contributed by atoms with Gasteiger partial charge in [0.25, 0.3) is 0 Å². The number of carboxylic acid groups (broad SMARTS) is 1. The summed E-state index contributed by atoms with van der Waals surface area (Å²) in [4.78, 5) is 15.1. The topological polar surface area (TPSA) is 96.4 Å². The van der Waals surface area contributed by atoms with E-state index in [1.54, 1.807) is 6.92 Å². The van der Waals surface area contributed by atoms with Crippen molar-refractivity contribution in [3.63, 3.8) is 0 Å². The van der Waals surface area contributed by atoms with Crippen molar-refractivity contribution in [3.05, 3.63) is 10.6 Å². The number of anilines is 1. The minimum absolute atomic E-state index is 0.0913. The van der Waals surface area contributed by atoms with E-state index < -0.39 is 15.8 Å². The van der Waals surface area contributed by atoms with E-state index in [4.69, 9.17) is 5.11 Å². The predicted octanol–water partition coefficient (Wildman–Crippen LogP) is 0.749. The first-order valence-electron chi connectivity index (χ1n) is 5.05. The van der Waals surface area contributed by atoms with Gasteiger partial charge in [-0.15, -0.1) is 0 Å². The van der Waals surface area contributed by atoms with Gasteiger partial charge < -0.3 is 10.4 Å². The van der Waals surface area contributed by atoms with Crippen LogP contribution in [0.5, 0.6) is 0 Å². The van der Waals surface area contributed by atoms with E-state index in [1.807, 2.05) is 0 Å². The number of hydrogen-bond donors (Lipinski definition) is 2. The number of nitrogens with one attached hydrogen (secondary N) is 1. The van der Waals surface area contributed by atoms with Crippen LogP contribution in [0.1, 0.15) is 21.8 Å². The van der Waals surface area contributed by atoms with Gasteiger partial charge >= 0.3 is 5.97 Å². The molecule has 1 aromatic rings. The molecular weight excluding hydrogens is 264 g/mol. The van der Waals surface area contributed by atoms with E-state index in [0.29, 0.717) is 17.2 Å². The molecule has 1 aromatic heterocycles. The lowest BCUT2D eigenvalue weighted by Gasteiger charge is -2.07. The normalized spacial score (nSPS) is 22.5. The molecule has 0 aliphatic carbocycles. The minimum Gasteiger partial charge on any atom is -0.477 e. The third-order valence-corrected chi connectivity index (χ3v) is 5.40. The summed E-state index contributed by atoms with van der Waals surface area (Å²) in [5.41, 5.74) is 0.450. The van der Waals surface area contributed by atoms with Crippen LogP contribution in [0.25, 0.3) is 0 Å². The zero-order valence-corrected chi connectivity index (χ0v) is 10.8. The first-order chi connectivity index (χ1) is 7.87. The van der Waals surface area contributed by atoms with E-state index in [-0.39, 0.29) is 22.4 Å². The maximum atomic E-state index is 11.3. The van der Waals surface area contributed by atoms with Crippen molar-refractivity contribution < 1.29 is 18.3 Å². The van der Waals surface area contributed by atoms with Crippen LogP contribution in [-0.2, 0) is 9.84 Å². The van der Waals surface area contributed by atoms with Crippen LogP contribution in [0, 0.1) is 6.92 Å². The highest BCUT2D eigenvalue weighted by atomic mass is 32.2. The van der Waals surface area contributed by atoms with E-state index in [0.717, 1.165) is 11.3 Å². The van der Waals surface area contributed by atoms with E-state index in [9.17, 15) is 13.2 Å². The van der Waals surface area contributed by atoms with Gasteiger partial charge in [0.2, 0.25) is 0 Å². The fraction of sp³-hybridized carbons (Fsp3) is 0.556. The lowest BCUT2D eigenvalue weighted by molar-refractivity contribution is 0.0701. The van der Waals surface area contributed by atoms with Crippen molar-refractivity contribution in [1.29, 1.82) is 0 Å². The minimum atomic E-state index is -2.94. The van der Waals surface area contributed by atoms with Crippen molar-refractivity contribution in [2.75, 3.05) is 16.8 Å². The summed E-state index contributed by atoms with van der Waals surface area (Å²) in [6, 6.07) is -0.160. The largest absolute Gasteiger partial charge is 0.477 e. The first-order valence-corrected chi connectivity index (χ1v) is 7.69. The molecule has 0 aromatic carbocycles. The fourth-order valence-corrected chi connectivity index (χ4v) is 4.30. The Morgan fingerprint density at radius 1 is 1.59 bits per heavy atom. The molecule has 1 aliphatic heterocycles. The average Bonchev–Trinajstić information content (AvgIpc) is 2.70. The molecule has 2 rings (SSSR count). The third kappa shape index (κ3) is 2.75. The van der Waals surface area contributed by atoms with Crippen LogP contribution in [-0.4, -0.2) is 42.0 Å². The number of aromatic carboxylic acids is 1. The van der Waals surface area contributed by atoms with Crippen LogP contribution < -0.4 is 5.32 Å². The van der Waals surface area contributed by atoms with Crippen LogP contribution in [0.15, 0.2) is 0 Å². The zero-order valence-electron chi connectivity index (χ0n) is 9.13. The van der Waals surface area contributed by atoms with Crippen molar-refractivity contribution in [3.8, 4) is 0 Å². The lowest BCUT2D eigenvalue weighted by Crippen LogP contribution is -2.20. The highest BCUT2D eigenvalue weighted by Crippen LogP contribution is 2.25. The van der Waals surface area contributed by atoms with Crippen molar-refractivity contribution >= 4 is 32.3 Å². The van der Waals surface area contributed by atoms with Gasteiger partial charge in [0, 0.05) is 6.04 Å². The Kier molecular flexibility index (Phi) is 3.09. The number of aryl methyl sites for hydroxylation is 1. The first kappa shape index (κ1) is 12.3. The average molecular weight is 276 g/mol. The summed E-state index contributed by atoms with van der Waals surface area (Å²) in [5, 5.41) is 12.3. The second-order valence-electron chi connectivity index (χ2n) is 3.98. The molecule has 17 heavy (non-hydrogen) atoms. The van der Waals surface area contributed by atoms with Gasteiger partial charge in [0.05, 0.1) is 17.2 Å². The van der Waals surface area contributed by atoms with Gasteiger partial charge in [0.1, 0.15) is 4.88 Å². The number of rotatable bonds is 3. The molecule has 0 radical (unpaired) electrons. The van der Waals surface area contributed by atoms with E-state index in [1.165, 1.54) is 0 Å². The molecule has 0 bridgehead atoms. The summed E-state index contributed by atoms with van der Waals surface area (Å²) >= 11 is 1.04. The summed E-state index contributed by atoms with van der Waals surface area (Å²) < 4.78 is 22.5. The lowest BCUT2D eigenvalue weighted by atomic mass is 10.3. The van der Waals surface area contributed by atoms with Gasteiger partial charge in [0.15, 0.2) is 15.0 Å².